The lowest BCUT2D eigenvalue weighted by atomic mass is 10.0. The number of piperidine rings is 1. The van der Waals surface area contributed by atoms with E-state index in [2.05, 4.69) is 14.9 Å². The largest absolute Gasteiger partial charge is 0.417 e. The molecule has 5 nitrogen and oxygen atoms in total. The van der Waals surface area contributed by atoms with Gasteiger partial charge in [-0.05, 0) is 37.1 Å². The van der Waals surface area contributed by atoms with Crippen LogP contribution in [0.1, 0.15) is 24.0 Å². The van der Waals surface area contributed by atoms with Crippen LogP contribution in [0, 0.1) is 11.3 Å². The number of benzene rings is 1. The highest BCUT2D eigenvalue weighted by atomic mass is 19.4. The number of anilines is 2. The molecule has 1 aromatic carbocycles. The van der Waals surface area contributed by atoms with Gasteiger partial charge in [-0.25, -0.2) is 9.97 Å². The number of aromatic nitrogens is 2. The van der Waals surface area contributed by atoms with Gasteiger partial charge in [-0.1, -0.05) is 0 Å². The van der Waals surface area contributed by atoms with Crippen LogP contribution >= 0.6 is 0 Å². The van der Waals surface area contributed by atoms with Gasteiger partial charge in [-0.2, -0.15) is 18.4 Å². The summed E-state index contributed by atoms with van der Waals surface area (Å²) in [6, 6.07) is 7.63. The van der Waals surface area contributed by atoms with E-state index < -0.39 is 11.7 Å². The second-order valence-corrected chi connectivity index (χ2v) is 6.24. The highest BCUT2D eigenvalue weighted by molar-refractivity contribution is 5.55. The van der Waals surface area contributed by atoms with Crippen LogP contribution < -0.4 is 9.80 Å². The molecule has 26 heavy (non-hydrogen) atoms. The molecular formula is C18H18F3N5. The lowest BCUT2D eigenvalue weighted by Crippen LogP contribution is -2.43. The number of hydrogen-bond donors (Lipinski definition) is 0. The minimum absolute atomic E-state index is 0.265. The van der Waals surface area contributed by atoms with E-state index in [9.17, 15) is 13.2 Å². The molecule has 136 valence electrons. The average molecular weight is 361 g/mol. The molecule has 0 unspecified atom stereocenters. The summed E-state index contributed by atoms with van der Waals surface area (Å²) in [7, 11) is 1.96. The van der Waals surface area contributed by atoms with Gasteiger partial charge in [0.15, 0.2) is 0 Å². The summed E-state index contributed by atoms with van der Waals surface area (Å²) < 4.78 is 39.4. The topological polar surface area (TPSA) is 56.1 Å². The van der Waals surface area contributed by atoms with Crippen molar-refractivity contribution < 1.29 is 13.2 Å². The fourth-order valence-corrected chi connectivity index (χ4v) is 3.25. The number of nitrogens with zero attached hydrogens (tertiary/aromatic N) is 5. The fraction of sp³-hybridized carbons (Fsp3) is 0.389. The Hall–Kier alpha value is -2.82. The summed E-state index contributed by atoms with van der Waals surface area (Å²) in [5, 5.41) is 8.91. The number of halogens is 3. The van der Waals surface area contributed by atoms with Gasteiger partial charge < -0.3 is 9.80 Å². The molecule has 0 radical (unpaired) electrons. The van der Waals surface area contributed by atoms with Crippen LogP contribution in [0.15, 0.2) is 36.8 Å². The van der Waals surface area contributed by atoms with Gasteiger partial charge in [0.05, 0.1) is 17.2 Å². The maximum Gasteiger partial charge on any atom is 0.417 e. The Morgan fingerprint density at radius 3 is 2.54 bits per heavy atom. The molecule has 0 N–H and O–H groups in total. The van der Waals surface area contributed by atoms with Crippen LogP contribution in [-0.4, -0.2) is 36.1 Å². The van der Waals surface area contributed by atoms with Crippen LogP contribution in [0.4, 0.5) is 24.7 Å². The highest BCUT2D eigenvalue weighted by Gasteiger charge is 2.34. The Morgan fingerprint density at radius 2 is 1.96 bits per heavy atom. The van der Waals surface area contributed by atoms with Gasteiger partial charge in [-0.3, -0.25) is 0 Å². The van der Waals surface area contributed by atoms with E-state index in [1.165, 1.54) is 12.4 Å². The maximum atomic E-state index is 13.1. The molecule has 0 amide bonds. The molecule has 0 atom stereocenters. The van der Waals surface area contributed by atoms with E-state index in [1.54, 1.807) is 18.3 Å². The molecular weight excluding hydrogens is 343 g/mol. The molecule has 1 aromatic heterocycles. The van der Waals surface area contributed by atoms with Crippen LogP contribution in [0.2, 0.25) is 0 Å². The monoisotopic (exact) mass is 361 g/mol. The van der Waals surface area contributed by atoms with E-state index in [1.807, 2.05) is 18.0 Å². The Kier molecular flexibility index (Phi) is 4.98. The van der Waals surface area contributed by atoms with Crippen LogP contribution in [0.25, 0.3) is 0 Å². The highest BCUT2D eigenvalue weighted by Crippen LogP contribution is 2.35. The molecule has 1 saturated heterocycles. The minimum Gasteiger partial charge on any atom is -0.371 e. The Bertz CT molecular complexity index is 793. The molecule has 8 heteroatoms. The first-order valence-electron chi connectivity index (χ1n) is 8.25. The Balaban J connectivity index is 1.71. The summed E-state index contributed by atoms with van der Waals surface area (Å²) >= 11 is 0. The van der Waals surface area contributed by atoms with Crippen molar-refractivity contribution in [3.63, 3.8) is 0 Å². The smallest absolute Gasteiger partial charge is 0.371 e. The van der Waals surface area contributed by atoms with E-state index >= 15 is 0 Å². The zero-order valence-corrected chi connectivity index (χ0v) is 14.2. The third kappa shape index (κ3) is 3.72. The summed E-state index contributed by atoms with van der Waals surface area (Å²) in [5.74, 6) is 0.830. The maximum absolute atomic E-state index is 13.1. The summed E-state index contributed by atoms with van der Waals surface area (Å²) in [6.45, 7) is 1.28. The van der Waals surface area contributed by atoms with Gasteiger partial charge in [-0.15, -0.1) is 0 Å². The summed E-state index contributed by atoms with van der Waals surface area (Å²) in [6.07, 6.45) is 0.260. The minimum atomic E-state index is -4.54. The van der Waals surface area contributed by atoms with Gasteiger partial charge in [0, 0.05) is 38.1 Å². The van der Waals surface area contributed by atoms with E-state index in [4.69, 9.17) is 5.26 Å². The third-order valence-corrected chi connectivity index (χ3v) is 4.73. The lowest BCUT2D eigenvalue weighted by molar-refractivity contribution is -0.137. The number of alkyl halides is 3. The summed E-state index contributed by atoms with van der Waals surface area (Å²) in [5.41, 5.74) is -0.725. The van der Waals surface area contributed by atoms with Crippen molar-refractivity contribution >= 4 is 11.5 Å². The first-order chi connectivity index (χ1) is 12.4. The zero-order chi connectivity index (χ0) is 18.7. The van der Waals surface area contributed by atoms with E-state index in [0.717, 1.165) is 24.7 Å². The quantitative estimate of drug-likeness (QED) is 0.838. The molecule has 3 rings (SSSR count). The number of nitriles is 1. The van der Waals surface area contributed by atoms with Gasteiger partial charge in [0.1, 0.15) is 12.1 Å². The van der Waals surface area contributed by atoms with Crippen molar-refractivity contribution in [2.75, 3.05) is 29.9 Å². The third-order valence-electron chi connectivity index (χ3n) is 4.73. The number of rotatable bonds is 3. The molecule has 0 saturated carbocycles. The standard InChI is InChI=1S/C18H18F3N5/c1-25(17-4-7-23-12-24-17)14-5-8-26(9-6-14)15-3-2-13(11-22)16(10-15)18(19,20)21/h2-4,7,10,12,14H,5-6,8-9H2,1H3. The molecule has 0 aliphatic carbocycles. The molecule has 1 fully saturated rings. The Labute approximate surface area is 149 Å². The fourth-order valence-electron chi connectivity index (χ4n) is 3.25. The van der Waals surface area contributed by atoms with Crippen molar-refractivity contribution in [2.45, 2.75) is 25.1 Å². The molecule has 2 heterocycles. The second-order valence-electron chi connectivity index (χ2n) is 6.24. The SMILES string of the molecule is CN(c1ccncn1)C1CCN(c2ccc(C#N)c(C(F)(F)F)c2)CC1. The van der Waals surface area contributed by atoms with E-state index in [-0.39, 0.29) is 11.6 Å². The Morgan fingerprint density at radius 1 is 1.23 bits per heavy atom. The lowest BCUT2D eigenvalue weighted by Gasteiger charge is -2.38. The molecule has 2 aromatic rings. The van der Waals surface area contributed by atoms with Gasteiger partial charge >= 0.3 is 6.18 Å². The second kappa shape index (κ2) is 7.20. The molecule has 1 aliphatic rings. The van der Waals surface area contributed by atoms with Crippen LogP contribution in [0.3, 0.4) is 0 Å². The summed E-state index contributed by atoms with van der Waals surface area (Å²) in [4.78, 5) is 12.2. The van der Waals surface area contributed by atoms with Crippen molar-refractivity contribution in [1.29, 1.82) is 5.26 Å². The zero-order valence-electron chi connectivity index (χ0n) is 14.2. The molecule has 0 spiro atoms. The predicted octanol–water partition coefficient (Wildman–Crippen LogP) is 3.47. The van der Waals surface area contributed by atoms with Gasteiger partial charge in [0.25, 0.3) is 0 Å². The van der Waals surface area contributed by atoms with Crippen molar-refractivity contribution in [3.05, 3.63) is 47.9 Å². The van der Waals surface area contributed by atoms with Crippen molar-refractivity contribution in [2.24, 2.45) is 0 Å². The van der Waals surface area contributed by atoms with Crippen molar-refractivity contribution in [3.8, 4) is 6.07 Å². The van der Waals surface area contributed by atoms with E-state index in [0.29, 0.717) is 18.8 Å². The average Bonchev–Trinajstić information content (AvgIpc) is 2.67. The predicted molar refractivity (Wildman–Crippen MR) is 91.8 cm³/mol. The van der Waals surface area contributed by atoms with Crippen molar-refractivity contribution in [1.82, 2.24) is 9.97 Å². The first-order valence-corrected chi connectivity index (χ1v) is 8.25. The first kappa shape index (κ1) is 18.0. The number of hydrogen-bond acceptors (Lipinski definition) is 5. The normalized spacial score (nSPS) is 15.6. The molecule has 1 aliphatic heterocycles. The van der Waals surface area contributed by atoms with Crippen LogP contribution in [-0.2, 0) is 6.18 Å². The van der Waals surface area contributed by atoms with Gasteiger partial charge in [0.2, 0.25) is 0 Å². The molecule has 0 bridgehead atoms. The van der Waals surface area contributed by atoms with Crippen LogP contribution in [0.5, 0.6) is 0 Å².